The first-order chi connectivity index (χ1) is 12.1. The number of ether oxygens (including phenoxy) is 1. The number of carbonyl (C=O) groups excluding carboxylic acids is 1. The summed E-state index contributed by atoms with van der Waals surface area (Å²) in [5.41, 5.74) is 2.48. The van der Waals surface area contributed by atoms with E-state index in [1.54, 1.807) is 23.5 Å². The summed E-state index contributed by atoms with van der Waals surface area (Å²) >= 11 is 3.46. The third-order valence-electron chi connectivity index (χ3n) is 4.92. The van der Waals surface area contributed by atoms with Crippen LogP contribution in [0.1, 0.15) is 39.5 Å². The molecule has 25 heavy (non-hydrogen) atoms. The molecule has 1 aliphatic heterocycles. The number of hydrogen-bond donors (Lipinski definition) is 0. The van der Waals surface area contributed by atoms with Gasteiger partial charge in [-0.1, -0.05) is 32.0 Å². The lowest BCUT2D eigenvalue weighted by Crippen LogP contribution is -2.57. The third kappa shape index (κ3) is 3.45. The molecular formula is C20H27NO2S2. The van der Waals surface area contributed by atoms with Crippen LogP contribution in [-0.4, -0.2) is 34.6 Å². The maximum absolute atomic E-state index is 13.2. The summed E-state index contributed by atoms with van der Waals surface area (Å²) in [6.07, 6.45) is 4.21. The van der Waals surface area contributed by atoms with E-state index in [-0.39, 0.29) is 12.0 Å². The van der Waals surface area contributed by atoms with E-state index < -0.39 is 4.08 Å². The van der Waals surface area contributed by atoms with E-state index in [9.17, 15) is 4.79 Å². The van der Waals surface area contributed by atoms with Crippen LogP contribution in [0.4, 0.5) is 5.69 Å². The van der Waals surface area contributed by atoms with Gasteiger partial charge in [0.2, 0.25) is 0 Å². The standard InChI is InChI=1S/C20H27NO2S2/c1-4-24-20(25-5-2)18(21(3)15-11-7-6-8-12-15)16-13-9-10-14-17(16)23-19(20)22/h6-8,11-12,18H,4-5,9-10,13-14H2,1-3H3/t18-/m0/s1. The number of allylic oxidation sites excluding steroid dienone is 1. The summed E-state index contributed by atoms with van der Waals surface area (Å²) in [5.74, 6) is 2.65. The van der Waals surface area contributed by atoms with Crippen molar-refractivity contribution in [1.82, 2.24) is 0 Å². The molecule has 2 aliphatic rings. The number of benzene rings is 1. The van der Waals surface area contributed by atoms with E-state index in [2.05, 4.69) is 50.1 Å². The van der Waals surface area contributed by atoms with E-state index in [4.69, 9.17) is 4.74 Å². The van der Waals surface area contributed by atoms with Crippen molar-refractivity contribution in [2.45, 2.75) is 49.7 Å². The second-order valence-corrected chi connectivity index (χ2v) is 9.71. The Bertz CT molecular complexity index is 638. The molecule has 0 saturated heterocycles. The topological polar surface area (TPSA) is 29.5 Å². The third-order valence-corrected chi connectivity index (χ3v) is 7.84. The van der Waals surface area contributed by atoms with Crippen LogP contribution in [-0.2, 0) is 9.53 Å². The molecule has 0 spiro atoms. The maximum Gasteiger partial charge on any atom is 0.340 e. The van der Waals surface area contributed by atoms with Crippen molar-refractivity contribution in [1.29, 1.82) is 0 Å². The molecule has 0 bridgehead atoms. The molecule has 0 radical (unpaired) electrons. The highest BCUT2D eigenvalue weighted by Gasteiger charge is 2.55. The van der Waals surface area contributed by atoms with Gasteiger partial charge < -0.3 is 9.64 Å². The van der Waals surface area contributed by atoms with Gasteiger partial charge in [-0.2, -0.15) is 0 Å². The molecule has 1 aliphatic carbocycles. The lowest BCUT2D eigenvalue weighted by molar-refractivity contribution is -0.142. The fourth-order valence-electron chi connectivity index (χ4n) is 3.88. The normalized spacial score (nSPS) is 22.4. The lowest BCUT2D eigenvalue weighted by Gasteiger charge is -2.48. The molecule has 0 unspecified atom stereocenters. The number of carbonyl (C=O) groups is 1. The number of esters is 1. The summed E-state index contributed by atoms with van der Waals surface area (Å²) < 4.78 is 5.31. The van der Waals surface area contributed by atoms with Crippen molar-refractivity contribution in [2.75, 3.05) is 23.5 Å². The van der Waals surface area contributed by atoms with Crippen LogP contribution in [0.3, 0.4) is 0 Å². The first kappa shape index (κ1) is 18.7. The van der Waals surface area contributed by atoms with Crippen LogP contribution in [0.5, 0.6) is 0 Å². The summed E-state index contributed by atoms with van der Waals surface area (Å²) in [5, 5.41) is 0. The zero-order chi connectivity index (χ0) is 17.9. The number of likely N-dealkylation sites (N-methyl/N-ethyl adjacent to an activating group) is 1. The summed E-state index contributed by atoms with van der Waals surface area (Å²) in [4.78, 5) is 15.5. The molecule has 0 fully saturated rings. The van der Waals surface area contributed by atoms with Crippen LogP contribution in [0.2, 0.25) is 0 Å². The SMILES string of the molecule is CCSC1(SCC)C(=O)OC2=C(CCCC2)[C@@H]1N(C)c1ccccc1. The Morgan fingerprint density at radius 3 is 2.40 bits per heavy atom. The van der Waals surface area contributed by atoms with Gasteiger partial charge in [-0.25, -0.2) is 4.79 Å². The van der Waals surface area contributed by atoms with Gasteiger partial charge in [-0.15, -0.1) is 23.5 Å². The van der Waals surface area contributed by atoms with E-state index in [0.29, 0.717) is 0 Å². The van der Waals surface area contributed by atoms with Crippen molar-refractivity contribution >= 4 is 35.2 Å². The molecule has 136 valence electrons. The predicted octanol–water partition coefficient (Wildman–Crippen LogP) is 5.08. The molecule has 0 saturated carbocycles. The van der Waals surface area contributed by atoms with Gasteiger partial charge in [0.25, 0.3) is 0 Å². The zero-order valence-corrected chi connectivity index (χ0v) is 16.9. The molecule has 5 heteroatoms. The van der Waals surface area contributed by atoms with Crippen molar-refractivity contribution in [3.05, 3.63) is 41.7 Å². The fraction of sp³-hybridized carbons (Fsp3) is 0.550. The fourth-order valence-corrected chi connectivity index (χ4v) is 7.01. The van der Waals surface area contributed by atoms with Gasteiger partial charge in [0.15, 0.2) is 4.08 Å². The maximum atomic E-state index is 13.2. The Kier molecular flexibility index (Phi) is 6.05. The highest BCUT2D eigenvalue weighted by Crippen LogP contribution is 2.52. The number of hydrogen-bond acceptors (Lipinski definition) is 5. The molecular weight excluding hydrogens is 350 g/mol. The Labute approximate surface area is 159 Å². The van der Waals surface area contributed by atoms with Gasteiger partial charge in [0.05, 0.1) is 6.04 Å². The van der Waals surface area contributed by atoms with Crippen LogP contribution in [0, 0.1) is 0 Å². The van der Waals surface area contributed by atoms with Gasteiger partial charge in [-0.05, 0) is 48.5 Å². The second kappa shape index (κ2) is 8.09. The Balaban J connectivity index is 2.11. The van der Waals surface area contributed by atoms with Crippen molar-refractivity contribution in [2.24, 2.45) is 0 Å². The summed E-state index contributed by atoms with van der Waals surface area (Å²) in [6.45, 7) is 4.25. The van der Waals surface area contributed by atoms with Crippen LogP contribution >= 0.6 is 23.5 Å². The molecule has 1 aromatic rings. The number of thioether (sulfide) groups is 2. The molecule has 3 rings (SSSR count). The Morgan fingerprint density at radius 1 is 1.12 bits per heavy atom. The highest BCUT2D eigenvalue weighted by molar-refractivity contribution is 8.19. The molecule has 1 atom stereocenters. The second-order valence-electron chi connectivity index (χ2n) is 6.43. The van der Waals surface area contributed by atoms with E-state index in [1.165, 1.54) is 12.0 Å². The number of para-hydroxylation sites is 1. The minimum atomic E-state index is -0.593. The van der Waals surface area contributed by atoms with Crippen molar-refractivity contribution in [3.63, 3.8) is 0 Å². The van der Waals surface area contributed by atoms with Crippen molar-refractivity contribution < 1.29 is 9.53 Å². The largest absolute Gasteiger partial charge is 0.429 e. The number of nitrogens with zero attached hydrogens (tertiary/aromatic N) is 1. The van der Waals surface area contributed by atoms with E-state index in [0.717, 1.165) is 42.2 Å². The average Bonchev–Trinajstić information content (AvgIpc) is 2.63. The smallest absolute Gasteiger partial charge is 0.340 e. The minimum absolute atomic E-state index is 0.0429. The van der Waals surface area contributed by atoms with E-state index in [1.807, 2.05) is 6.07 Å². The Hall–Kier alpha value is -1.07. The molecule has 0 amide bonds. The van der Waals surface area contributed by atoms with Gasteiger partial charge >= 0.3 is 5.97 Å². The Morgan fingerprint density at radius 2 is 1.76 bits per heavy atom. The molecule has 1 aromatic carbocycles. The first-order valence-electron chi connectivity index (χ1n) is 9.14. The van der Waals surface area contributed by atoms with Crippen molar-refractivity contribution in [3.8, 4) is 0 Å². The monoisotopic (exact) mass is 377 g/mol. The van der Waals surface area contributed by atoms with Gasteiger partial charge in [0, 0.05) is 19.2 Å². The van der Waals surface area contributed by atoms with Crippen LogP contribution < -0.4 is 4.90 Å². The van der Waals surface area contributed by atoms with Crippen LogP contribution in [0.15, 0.2) is 41.7 Å². The molecule has 3 nitrogen and oxygen atoms in total. The molecule has 1 heterocycles. The summed E-state index contributed by atoms with van der Waals surface area (Å²) in [6, 6.07) is 10.4. The van der Waals surface area contributed by atoms with Crippen LogP contribution in [0.25, 0.3) is 0 Å². The highest BCUT2D eigenvalue weighted by atomic mass is 32.2. The molecule has 0 aromatic heterocycles. The lowest BCUT2D eigenvalue weighted by atomic mass is 9.87. The predicted molar refractivity (Wildman–Crippen MR) is 109 cm³/mol. The van der Waals surface area contributed by atoms with Gasteiger partial charge in [0.1, 0.15) is 5.76 Å². The number of rotatable bonds is 6. The van der Waals surface area contributed by atoms with E-state index >= 15 is 0 Å². The zero-order valence-electron chi connectivity index (χ0n) is 15.3. The quantitative estimate of drug-likeness (QED) is 0.509. The average molecular weight is 378 g/mol. The number of anilines is 1. The molecule has 0 N–H and O–H groups in total. The first-order valence-corrected chi connectivity index (χ1v) is 11.1. The summed E-state index contributed by atoms with van der Waals surface area (Å²) in [7, 11) is 2.12. The minimum Gasteiger partial charge on any atom is -0.429 e. The van der Waals surface area contributed by atoms with Gasteiger partial charge in [-0.3, -0.25) is 0 Å².